The van der Waals surface area contributed by atoms with Crippen molar-refractivity contribution in [2.75, 3.05) is 6.61 Å². The van der Waals surface area contributed by atoms with Gasteiger partial charge in [0.05, 0.1) is 6.61 Å². The fourth-order valence-electron chi connectivity index (χ4n) is 1.04. The van der Waals surface area contributed by atoms with Crippen LogP contribution in [0.3, 0.4) is 0 Å². The topological polar surface area (TPSA) is 49.7 Å². The minimum absolute atomic E-state index is 0.413. The molecule has 0 bridgehead atoms. The predicted molar refractivity (Wildman–Crippen MR) is 52.1 cm³/mol. The van der Waals surface area contributed by atoms with Crippen molar-refractivity contribution in [1.29, 1.82) is 0 Å². The summed E-state index contributed by atoms with van der Waals surface area (Å²) in [7, 11) is -1.46. The molecule has 0 saturated carbocycles. The van der Waals surface area contributed by atoms with Gasteiger partial charge in [0, 0.05) is 5.46 Å². The van der Waals surface area contributed by atoms with Crippen molar-refractivity contribution in [2.45, 2.75) is 13.3 Å². The first-order valence-electron chi connectivity index (χ1n) is 4.33. The molecule has 1 aromatic rings. The number of hydrogen-bond acceptors (Lipinski definition) is 3. The van der Waals surface area contributed by atoms with E-state index >= 15 is 0 Å². The van der Waals surface area contributed by atoms with Crippen LogP contribution in [0.2, 0.25) is 0 Å². The van der Waals surface area contributed by atoms with Crippen molar-refractivity contribution in [3.8, 4) is 5.75 Å². The zero-order valence-corrected chi connectivity index (χ0v) is 7.60. The first-order valence-corrected chi connectivity index (χ1v) is 4.33. The molecule has 0 fully saturated rings. The smallest absolute Gasteiger partial charge is 0.492 e. The molecule has 13 heavy (non-hydrogen) atoms. The van der Waals surface area contributed by atoms with Crippen molar-refractivity contribution in [1.82, 2.24) is 0 Å². The van der Waals surface area contributed by atoms with Crippen molar-refractivity contribution in [3.63, 3.8) is 0 Å². The monoisotopic (exact) mass is 180 g/mol. The molecule has 4 heteroatoms. The highest BCUT2D eigenvalue weighted by Gasteiger charge is 2.15. The van der Waals surface area contributed by atoms with E-state index in [9.17, 15) is 0 Å². The zero-order valence-electron chi connectivity index (χ0n) is 7.60. The minimum Gasteiger partial charge on any atom is -0.494 e. The Morgan fingerprint density at radius 1 is 1.31 bits per heavy atom. The highest BCUT2D eigenvalue weighted by Crippen LogP contribution is 2.06. The van der Waals surface area contributed by atoms with E-state index < -0.39 is 7.12 Å². The quantitative estimate of drug-likeness (QED) is 0.648. The van der Waals surface area contributed by atoms with Crippen LogP contribution in [-0.2, 0) is 0 Å². The molecule has 0 aliphatic heterocycles. The maximum absolute atomic E-state index is 8.98. The fourth-order valence-corrected chi connectivity index (χ4v) is 1.04. The Kier molecular flexibility index (Phi) is 3.80. The molecule has 0 aliphatic carbocycles. The molecule has 3 nitrogen and oxygen atoms in total. The lowest BCUT2D eigenvalue weighted by molar-refractivity contribution is 0.317. The molecule has 0 heterocycles. The Balaban J connectivity index is 2.78. The second-order valence-electron chi connectivity index (χ2n) is 2.76. The largest absolute Gasteiger partial charge is 0.494 e. The second kappa shape index (κ2) is 4.89. The summed E-state index contributed by atoms with van der Waals surface area (Å²) >= 11 is 0. The average molecular weight is 180 g/mol. The zero-order chi connectivity index (χ0) is 9.68. The van der Waals surface area contributed by atoms with Crippen molar-refractivity contribution < 1.29 is 14.8 Å². The van der Waals surface area contributed by atoms with Gasteiger partial charge in [-0.2, -0.15) is 0 Å². The molecule has 0 spiro atoms. The van der Waals surface area contributed by atoms with Crippen LogP contribution in [0.1, 0.15) is 13.3 Å². The van der Waals surface area contributed by atoms with Gasteiger partial charge in [0.15, 0.2) is 0 Å². The van der Waals surface area contributed by atoms with Gasteiger partial charge in [0.2, 0.25) is 0 Å². The fraction of sp³-hybridized carbons (Fsp3) is 0.333. The maximum atomic E-state index is 8.98. The van der Waals surface area contributed by atoms with E-state index in [1.165, 1.54) is 0 Å². The molecule has 0 aromatic heterocycles. The van der Waals surface area contributed by atoms with E-state index in [0.29, 0.717) is 17.8 Å². The molecule has 1 rings (SSSR count). The van der Waals surface area contributed by atoms with Crippen LogP contribution >= 0.6 is 0 Å². The Labute approximate surface area is 78.1 Å². The lowest BCUT2D eigenvalue weighted by Crippen LogP contribution is -2.31. The molecule has 0 unspecified atom stereocenters. The first kappa shape index (κ1) is 10.1. The van der Waals surface area contributed by atoms with Crippen molar-refractivity contribution >= 4 is 12.6 Å². The maximum Gasteiger partial charge on any atom is 0.492 e. The third-order valence-corrected chi connectivity index (χ3v) is 1.66. The summed E-state index contributed by atoms with van der Waals surface area (Å²) in [4.78, 5) is 0. The van der Waals surface area contributed by atoms with E-state index in [2.05, 4.69) is 0 Å². The van der Waals surface area contributed by atoms with E-state index in [0.717, 1.165) is 6.42 Å². The van der Waals surface area contributed by atoms with Crippen LogP contribution in [0.4, 0.5) is 0 Å². The van der Waals surface area contributed by atoms with E-state index in [-0.39, 0.29) is 0 Å². The third-order valence-electron chi connectivity index (χ3n) is 1.66. The minimum atomic E-state index is -1.46. The summed E-state index contributed by atoms with van der Waals surface area (Å²) in [5.41, 5.74) is 0.413. The molecule has 0 atom stereocenters. The van der Waals surface area contributed by atoms with E-state index in [1.807, 2.05) is 6.92 Å². The van der Waals surface area contributed by atoms with E-state index in [4.69, 9.17) is 14.8 Å². The Bertz CT molecular complexity index is 263. The summed E-state index contributed by atoms with van der Waals surface area (Å²) in [6.07, 6.45) is 0.899. The second-order valence-corrected chi connectivity index (χ2v) is 2.76. The van der Waals surface area contributed by atoms with Gasteiger partial charge in [-0.3, -0.25) is 0 Å². The molecule has 0 aliphatic rings. The average Bonchev–Trinajstić information content (AvgIpc) is 2.15. The van der Waals surface area contributed by atoms with Crippen LogP contribution < -0.4 is 10.2 Å². The lowest BCUT2D eigenvalue weighted by Gasteiger charge is -2.09. The van der Waals surface area contributed by atoms with Crippen molar-refractivity contribution in [2.24, 2.45) is 0 Å². The van der Waals surface area contributed by atoms with Gasteiger partial charge < -0.3 is 14.8 Å². The summed E-state index contributed by atoms with van der Waals surface area (Å²) < 4.78 is 5.33. The summed E-state index contributed by atoms with van der Waals surface area (Å²) in [6, 6.07) is 6.91. The molecular weight excluding hydrogens is 167 g/mol. The number of hydrogen-bond donors (Lipinski definition) is 2. The van der Waals surface area contributed by atoms with Gasteiger partial charge >= 0.3 is 7.12 Å². The highest BCUT2D eigenvalue weighted by molar-refractivity contribution is 6.59. The van der Waals surface area contributed by atoms with Gasteiger partial charge in [-0.15, -0.1) is 0 Å². The van der Waals surface area contributed by atoms with Crippen LogP contribution in [0.15, 0.2) is 24.3 Å². The normalized spacial score (nSPS) is 9.77. The lowest BCUT2D eigenvalue weighted by atomic mass is 9.79. The summed E-state index contributed by atoms with van der Waals surface area (Å²) in [5.74, 6) is 0.541. The molecule has 70 valence electrons. The molecule has 1 aromatic carbocycles. The van der Waals surface area contributed by atoms with Crippen LogP contribution in [0, 0.1) is 0 Å². The molecule has 0 radical (unpaired) electrons. The van der Waals surface area contributed by atoms with E-state index in [1.54, 1.807) is 24.3 Å². The number of rotatable bonds is 4. The van der Waals surface area contributed by atoms with Crippen LogP contribution in [0.25, 0.3) is 0 Å². The number of ether oxygens (including phenoxy) is 1. The van der Waals surface area contributed by atoms with Gasteiger partial charge in [-0.25, -0.2) is 0 Å². The predicted octanol–water partition coefficient (Wildman–Crippen LogP) is 0.155. The summed E-state index contributed by atoms with van der Waals surface area (Å²) in [5, 5.41) is 18.0. The Hall–Kier alpha value is -0.995. The SMILES string of the molecule is CCCOc1ccccc1B(O)O. The molecular formula is C9H13BO3. The van der Waals surface area contributed by atoms with Gasteiger partial charge in [0.25, 0.3) is 0 Å². The standard InChI is InChI=1S/C9H13BO3/c1-2-7-13-9-6-4-3-5-8(9)10(11)12/h3-6,11-12H,2,7H2,1H3. The van der Waals surface area contributed by atoms with Gasteiger partial charge in [-0.1, -0.05) is 25.1 Å². The van der Waals surface area contributed by atoms with Crippen LogP contribution in [-0.4, -0.2) is 23.8 Å². The van der Waals surface area contributed by atoms with Gasteiger partial charge in [-0.05, 0) is 12.5 Å². The summed E-state index contributed by atoms with van der Waals surface area (Å²) in [6.45, 7) is 2.59. The van der Waals surface area contributed by atoms with Gasteiger partial charge in [0.1, 0.15) is 5.75 Å². The van der Waals surface area contributed by atoms with Crippen molar-refractivity contribution in [3.05, 3.63) is 24.3 Å². The number of benzene rings is 1. The highest BCUT2D eigenvalue weighted by atomic mass is 16.5. The molecule has 0 saturated heterocycles. The number of para-hydroxylation sites is 1. The first-order chi connectivity index (χ1) is 6.25. The molecule has 2 N–H and O–H groups in total. The van der Waals surface area contributed by atoms with Crippen LogP contribution in [0.5, 0.6) is 5.75 Å². The Morgan fingerprint density at radius 2 is 2.00 bits per heavy atom. The Morgan fingerprint density at radius 3 is 2.62 bits per heavy atom. The molecule has 0 amide bonds. The third kappa shape index (κ3) is 2.75.